The van der Waals surface area contributed by atoms with E-state index in [0.717, 1.165) is 54.7 Å². The standard InChI is InChI=1S/C23H30NO3Si/c1-4-26-28(27-19(2)18-24-14-16-25-17-15-24)23-12-10-22(11-13-23)20(3)21-8-6-5-7-9-21/h5-13,19H,3-4,14-18H2,1-2H3. The van der Waals surface area contributed by atoms with Gasteiger partial charge in [0, 0.05) is 26.2 Å². The molecule has 1 aliphatic rings. The lowest BCUT2D eigenvalue weighted by Crippen LogP contribution is -2.45. The van der Waals surface area contributed by atoms with Gasteiger partial charge in [0.15, 0.2) is 0 Å². The molecule has 0 bridgehead atoms. The van der Waals surface area contributed by atoms with Crippen molar-refractivity contribution >= 4 is 20.0 Å². The van der Waals surface area contributed by atoms with Crippen LogP contribution in [-0.2, 0) is 13.6 Å². The number of rotatable bonds is 9. The summed E-state index contributed by atoms with van der Waals surface area (Å²) in [6, 6.07) is 18.7. The minimum atomic E-state index is -1.52. The number of hydrogen-bond donors (Lipinski definition) is 0. The predicted molar refractivity (Wildman–Crippen MR) is 116 cm³/mol. The molecule has 2 aromatic carbocycles. The quantitative estimate of drug-likeness (QED) is 0.609. The predicted octanol–water partition coefficient (Wildman–Crippen LogP) is 3.22. The molecule has 0 amide bonds. The van der Waals surface area contributed by atoms with Gasteiger partial charge in [-0.2, -0.15) is 0 Å². The van der Waals surface area contributed by atoms with Crippen LogP contribution in [-0.4, -0.2) is 59.7 Å². The van der Waals surface area contributed by atoms with Crippen LogP contribution in [0, 0.1) is 0 Å². The summed E-state index contributed by atoms with van der Waals surface area (Å²) in [4.78, 5) is 2.40. The molecule has 0 aliphatic carbocycles. The third-order valence-corrected chi connectivity index (χ3v) is 6.77. The molecule has 0 N–H and O–H groups in total. The van der Waals surface area contributed by atoms with Gasteiger partial charge in [-0.1, -0.05) is 61.2 Å². The van der Waals surface area contributed by atoms with Gasteiger partial charge in [0.25, 0.3) is 0 Å². The molecule has 3 rings (SSSR count). The van der Waals surface area contributed by atoms with E-state index in [0.29, 0.717) is 6.61 Å². The van der Waals surface area contributed by atoms with E-state index < -0.39 is 9.28 Å². The van der Waals surface area contributed by atoms with Gasteiger partial charge in [0.1, 0.15) is 0 Å². The fourth-order valence-electron chi connectivity index (χ4n) is 3.30. The van der Waals surface area contributed by atoms with Crippen molar-refractivity contribution in [3.05, 3.63) is 72.3 Å². The fourth-order valence-corrected chi connectivity index (χ4v) is 4.81. The zero-order chi connectivity index (χ0) is 19.8. The SMILES string of the molecule is C=C(c1ccccc1)c1ccc([Si](OCC)OC(C)CN2CCOCC2)cc1. The zero-order valence-corrected chi connectivity index (χ0v) is 17.9. The van der Waals surface area contributed by atoms with Crippen molar-refractivity contribution in [2.45, 2.75) is 20.0 Å². The first-order chi connectivity index (χ1) is 13.7. The number of nitrogens with zero attached hydrogens (tertiary/aromatic N) is 1. The maximum absolute atomic E-state index is 6.34. The molecule has 2 aromatic rings. The van der Waals surface area contributed by atoms with Gasteiger partial charge in [-0.25, -0.2) is 0 Å². The van der Waals surface area contributed by atoms with Gasteiger partial charge in [0.05, 0.1) is 19.3 Å². The highest BCUT2D eigenvalue weighted by atomic mass is 28.3. The molecule has 28 heavy (non-hydrogen) atoms. The van der Waals surface area contributed by atoms with Crippen molar-refractivity contribution in [3.8, 4) is 0 Å². The van der Waals surface area contributed by atoms with Crippen molar-refractivity contribution in [2.24, 2.45) is 0 Å². The molecular weight excluding hydrogens is 366 g/mol. The Kier molecular flexibility index (Phi) is 8.00. The van der Waals surface area contributed by atoms with Crippen molar-refractivity contribution in [1.82, 2.24) is 4.90 Å². The molecule has 1 radical (unpaired) electrons. The average Bonchev–Trinajstić information content (AvgIpc) is 2.74. The summed E-state index contributed by atoms with van der Waals surface area (Å²) in [7, 11) is -1.52. The van der Waals surface area contributed by atoms with Crippen molar-refractivity contribution in [2.75, 3.05) is 39.5 Å². The molecule has 0 spiro atoms. The Morgan fingerprint density at radius 3 is 2.36 bits per heavy atom. The number of ether oxygens (including phenoxy) is 1. The maximum atomic E-state index is 6.34. The molecule has 149 valence electrons. The maximum Gasteiger partial charge on any atom is 0.423 e. The molecule has 4 nitrogen and oxygen atoms in total. The van der Waals surface area contributed by atoms with Crippen LogP contribution in [0.1, 0.15) is 25.0 Å². The lowest BCUT2D eigenvalue weighted by Gasteiger charge is -2.30. The molecule has 1 heterocycles. The third kappa shape index (κ3) is 5.87. The van der Waals surface area contributed by atoms with Gasteiger partial charge in [0.2, 0.25) is 0 Å². The number of morpholine rings is 1. The largest absolute Gasteiger partial charge is 0.423 e. The lowest BCUT2D eigenvalue weighted by molar-refractivity contribution is 0.0184. The first kappa shape index (κ1) is 21.0. The van der Waals surface area contributed by atoms with Crippen LogP contribution < -0.4 is 5.19 Å². The Bertz CT molecular complexity index is 729. The monoisotopic (exact) mass is 396 g/mol. The van der Waals surface area contributed by atoms with Crippen LogP contribution in [0.25, 0.3) is 5.57 Å². The van der Waals surface area contributed by atoms with E-state index in [1.165, 1.54) is 0 Å². The smallest absolute Gasteiger partial charge is 0.390 e. The second-order valence-electron chi connectivity index (χ2n) is 6.98. The second kappa shape index (κ2) is 10.7. The summed E-state index contributed by atoms with van der Waals surface area (Å²) in [5.41, 5.74) is 3.29. The topological polar surface area (TPSA) is 30.9 Å². The Morgan fingerprint density at radius 2 is 1.71 bits per heavy atom. The molecule has 0 saturated carbocycles. The highest BCUT2D eigenvalue weighted by molar-refractivity contribution is 6.61. The van der Waals surface area contributed by atoms with E-state index >= 15 is 0 Å². The molecular formula is C23H30NO3Si. The van der Waals surface area contributed by atoms with E-state index in [1.54, 1.807) is 0 Å². The summed E-state index contributed by atoms with van der Waals surface area (Å²) in [5.74, 6) is 0. The second-order valence-corrected chi connectivity index (χ2v) is 8.66. The van der Waals surface area contributed by atoms with E-state index in [1.807, 2.05) is 25.1 Å². The number of hydrogen-bond acceptors (Lipinski definition) is 4. The third-order valence-electron chi connectivity index (χ3n) is 4.79. The Labute approximate surface area is 170 Å². The van der Waals surface area contributed by atoms with E-state index in [-0.39, 0.29) is 6.10 Å². The Balaban J connectivity index is 1.63. The van der Waals surface area contributed by atoms with Crippen LogP contribution in [0.4, 0.5) is 0 Å². The zero-order valence-electron chi connectivity index (χ0n) is 16.9. The minimum Gasteiger partial charge on any atom is -0.390 e. The molecule has 1 aliphatic heterocycles. The van der Waals surface area contributed by atoms with Crippen molar-refractivity contribution in [3.63, 3.8) is 0 Å². The molecule has 0 aromatic heterocycles. The van der Waals surface area contributed by atoms with Gasteiger partial charge < -0.3 is 13.6 Å². The molecule has 5 heteroatoms. The lowest BCUT2D eigenvalue weighted by atomic mass is 10.00. The Morgan fingerprint density at radius 1 is 1.07 bits per heavy atom. The summed E-state index contributed by atoms with van der Waals surface area (Å²) >= 11 is 0. The summed E-state index contributed by atoms with van der Waals surface area (Å²) in [6.07, 6.45) is 0.123. The minimum absolute atomic E-state index is 0.123. The van der Waals surface area contributed by atoms with E-state index in [2.05, 4.69) is 54.8 Å². The first-order valence-corrected chi connectivity index (χ1v) is 11.3. The van der Waals surface area contributed by atoms with Gasteiger partial charge in [-0.05, 0) is 35.7 Å². The highest BCUT2D eigenvalue weighted by Gasteiger charge is 2.23. The summed E-state index contributed by atoms with van der Waals surface area (Å²) in [6.45, 7) is 13.5. The summed E-state index contributed by atoms with van der Waals surface area (Å²) < 4.78 is 17.8. The Hall–Kier alpha value is -1.76. The van der Waals surface area contributed by atoms with Gasteiger partial charge in [-0.3, -0.25) is 4.90 Å². The van der Waals surface area contributed by atoms with Gasteiger partial charge in [-0.15, -0.1) is 0 Å². The summed E-state index contributed by atoms with van der Waals surface area (Å²) in [5, 5.41) is 1.13. The van der Waals surface area contributed by atoms with Crippen LogP contribution >= 0.6 is 0 Å². The molecule has 1 atom stereocenters. The van der Waals surface area contributed by atoms with Crippen molar-refractivity contribution < 1.29 is 13.6 Å². The van der Waals surface area contributed by atoms with Crippen LogP contribution in [0.5, 0.6) is 0 Å². The van der Waals surface area contributed by atoms with E-state index in [9.17, 15) is 0 Å². The van der Waals surface area contributed by atoms with Crippen molar-refractivity contribution in [1.29, 1.82) is 0 Å². The number of benzene rings is 2. The fraction of sp³-hybridized carbons (Fsp3) is 0.391. The normalized spacial score (nSPS) is 16.2. The molecule has 1 fully saturated rings. The van der Waals surface area contributed by atoms with Crippen LogP contribution in [0.3, 0.4) is 0 Å². The average molecular weight is 397 g/mol. The first-order valence-electron chi connectivity index (χ1n) is 9.99. The van der Waals surface area contributed by atoms with Crippen LogP contribution in [0.2, 0.25) is 0 Å². The molecule has 1 saturated heterocycles. The highest BCUT2D eigenvalue weighted by Crippen LogP contribution is 2.20. The van der Waals surface area contributed by atoms with Crippen LogP contribution in [0.15, 0.2) is 61.2 Å². The van der Waals surface area contributed by atoms with Gasteiger partial charge >= 0.3 is 9.28 Å². The van der Waals surface area contributed by atoms with E-state index in [4.69, 9.17) is 13.6 Å². The molecule has 1 unspecified atom stereocenters.